The lowest BCUT2D eigenvalue weighted by Crippen LogP contribution is -1.85. The van der Waals surface area contributed by atoms with Gasteiger partial charge in [0.05, 0.1) is 0 Å². The van der Waals surface area contributed by atoms with Crippen LogP contribution in [0.5, 0.6) is 0 Å². The molecular formula is C12H14OS. The molecule has 0 atom stereocenters. The number of hydrogen-bond donors (Lipinski definition) is 0. The fourth-order valence-electron chi connectivity index (χ4n) is 1.45. The second kappa shape index (κ2) is 4.47. The second-order valence-electron chi connectivity index (χ2n) is 3.30. The van der Waals surface area contributed by atoms with E-state index in [0.29, 0.717) is 0 Å². The Labute approximate surface area is 88.4 Å². The third-order valence-electron chi connectivity index (χ3n) is 2.26. The lowest BCUT2D eigenvalue weighted by atomic mass is 10.2. The summed E-state index contributed by atoms with van der Waals surface area (Å²) in [6, 6.07) is 8.43. The lowest BCUT2D eigenvalue weighted by Gasteiger charge is -1.94. The topological polar surface area (TPSA) is 13.1 Å². The molecule has 0 aromatic carbocycles. The van der Waals surface area contributed by atoms with Crippen LogP contribution in [0.4, 0.5) is 0 Å². The summed E-state index contributed by atoms with van der Waals surface area (Å²) in [7, 11) is 0. The number of furan rings is 1. The van der Waals surface area contributed by atoms with Gasteiger partial charge in [0.15, 0.2) is 0 Å². The Balaban J connectivity index is 1.92. The van der Waals surface area contributed by atoms with Gasteiger partial charge in [-0.2, -0.15) is 0 Å². The van der Waals surface area contributed by atoms with Gasteiger partial charge in [-0.25, -0.2) is 0 Å². The van der Waals surface area contributed by atoms with E-state index in [1.165, 1.54) is 4.88 Å². The van der Waals surface area contributed by atoms with Crippen molar-refractivity contribution in [3.63, 3.8) is 0 Å². The molecule has 1 nitrogen and oxygen atoms in total. The minimum Gasteiger partial charge on any atom is -0.466 e. The smallest absolute Gasteiger partial charge is 0.104 e. The lowest BCUT2D eigenvalue weighted by molar-refractivity contribution is 0.469. The molecule has 2 aromatic heterocycles. The highest BCUT2D eigenvalue weighted by Crippen LogP contribution is 2.14. The first-order chi connectivity index (χ1) is 6.88. The SMILES string of the molecule is CCc1ccc(CCc2cccs2)o1. The van der Waals surface area contributed by atoms with Crippen molar-refractivity contribution in [1.29, 1.82) is 0 Å². The molecule has 0 N–H and O–H groups in total. The highest BCUT2D eigenvalue weighted by Gasteiger charge is 2.01. The Bertz CT molecular complexity index is 373. The molecule has 0 aliphatic rings. The van der Waals surface area contributed by atoms with Gasteiger partial charge in [-0.15, -0.1) is 11.3 Å². The zero-order chi connectivity index (χ0) is 9.80. The van der Waals surface area contributed by atoms with Crippen molar-refractivity contribution in [2.75, 3.05) is 0 Å². The van der Waals surface area contributed by atoms with Crippen LogP contribution in [0.25, 0.3) is 0 Å². The van der Waals surface area contributed by atoms with E-state index in [9.17, 15) is 0 Å². The van der Waals surface area contributed by atoms with Crippen LogP contribution in [-0.4, -0.2) is 0 Å². The Morgan fingerprint density at radius 3 is 2.64 bits per heavy atom. The van der Waals surface area contributed by atoms with Gasteiger partial charge in [0.1, 0.15) is 11.5 Å². The van der Waals surface area contributed by atoms with Gasteiger partial charge >= 0.3 is 0 Å². The van der Waals surface area contributed by atoms with Gasteiger partial charge in [-0.3, -0.25) is 0 Å². The van der Waals surface area contributed by atoms with Gasteiger partial charge in [0, 0.05) is 17.7 Å². The van der Waals surface area contributed by atoms with E-state index in [1.54, 1.807) is 0 Å². The molecule has 2 rings (SSSR count). The van der Waals surface area contributed by atoms with Gasteiger partial charge in [-0.05, 0) is 30.0 Å². The summed E-state index contributed by atoms with van der Waals surface area (Å²) in [6.45, 7) is 2.11. The first-order valence-electron chi connectivity index (χ1n) is 4.98. The highest BCUT2D eigenvalue weighted by molar-refractivity contribution is 7.09. The van der Waals surface area contributed by atoms with E-state index in [4.69, 9.17) is 4.42 Å². The summed E-state index contributed by atoms with van der Waals surface area (Å²) < 4.78 is 5.64. The summed E-state index contributed by atoms with van der Waals surface area (Å²) >= 11 is 1.81. The van der Waals surface area contributed by atoms with Crippen molar-refractivity contribution >= 4 is 11.3 Å². The molecule has 0 aliphatic carbocycles. The summed E-state index contributed by atoms with van der Waals surface area (Å²) in [5.41, 5.74) is 0. The van der Waals surface area contributed by atoms with Crippen LogP contribution >= 0.6 is 11.3 Å². The third-order valence-corrected chi connectivity index (χ3v) is 3.20. The predicted octanol–water partition coefficient (Wildman–Crippen LogP) is 3.69. The molecule has 0 bridgehead atoms. The van der Waals surface area contributed by atoms with Crippen LogP contribution in [0, 0.1) is 0 Å². The maximum atomic E-state index is 5.64. The fraction of sp³-hybridized carbons (Fsp3) is 0.333. The predicted molar refractivity (Wildman–Crippen MR) is 59.8 cm³/mol. The van der Waals surface area contributed by atoms with Gasteiger partial charge in [-0.1, -0.05) is 13.0 Å². The average Bonchev–Trinajstić information content (AvgIpc) is 2.86. The van der Waals surface area contributed by atoms with Crippen molar-refractivity contribution in [3.8, 4) is 0 Å². The van der Waals surface area contributed by atoms with E-state index < -0.39 is 0 Å². The third kappa shape index (κ3) is 2.26. The number of aryl methyl sites for hydroxylation is 3. The molecule has 74 valence electrons. The van der Waals surface area contributed by atoms with E-state index in [2.05, 4.69) is 36.6 Å². The standard InChI is InChI=1S/C12H14OS/c1-2-10-5-6-11(13-10)7-8-12-4-3-9-14-12/h3-6,9H,2,7-8H2,1H3. The minimum absolute atomic E-state index is 0.985. The zero-order valence-electron chi connectivity index (χ0n) is 8.32. The van der Waals surface area contributed by atoms with Crippen LogP contribution in [0.2, 0.25) is 0 Å². The van der Waals surface area contributed by atoms with Gasteiger partial charge in [0.25, 0.3) is 0 Å². The summed E-state index contributed by atoms with van der Waals surface area (Å²) in [5.74, 6) is 2.20. The molecule has 2 aromatic rings. The summed E-state index contributed by atoms with van der Waals surface area (Å²) in [4.78, 5) is 1.43. The van der Waals surface area contributed by atoms with Crippen molar-refractivity contribution in [2.45, 2.75) is 26.2 Å². The largest absolute Gasteiger partial charge is 0.466 e. The van der Waals surface area contributed by atoms with Crippen molar-refractivity contribution in [3.05, 3.63) is 46.0 Å². The van der Waals surface area contributed by atoms with E-state index in [0.717, 1.165) is 30.8 Å². The van der Waals surface area contributed by atoms with E-state index >= 15 is 0 Å². The van der Waals surface area contributed by atoms with Crippen LogP contribution < -0.4 is 0 Å². The molecule has 0 aliphatic heterocycles. The second-order valence-corrected chi connectivity index (χ2v) is 4.33. The van der Waals surface area contributed by atoms with E-state index in [1.807, 2.05) is 11.3 Å². The molecular weight excluding hydrogens is 192 g/mol. The molecule has 0 saturated heterocycles. The molecule has 0 saturated carbocycles. The first-order valence-corrected chi connectivity index (χ1v) is 5.86. The Hall–Kier alpha value is -1.02. The molecule has 0 spiro atoms. The van der Waals surface area contributed by atoms with Crippen LogP contribution in [0.1, 0.15) is 23.3 Å². The quantitative estimate of drug-likeness (QED) is 0.743. The Morgan fingerprint density at radius 1 is 1.14 bits per heavy atom. The Morgan fingerprint density at radius 2 is 2.00 bits per heavy atom. The summed E-state index contributed by atoms with van der Waals surface area (Å²) in [5, 5.41) is 2.12. The fourth-order valence-corrected chi connectivity index (χ4v) is 2.16. The monoisotopic (exact) mass is 206 g/mol. The van der Waals surface area contributed by atoms with Gasteiger partial charge < -0.3 is 4.42 Å². The minimum atomic E-state index is 0.985. The zero-order valence-corrected chi connectivity index (χ0v) is 9.14. The summed E-state index contributed by atoms with van der Waals surface area (Å²) in [6.07, 6.45) is 3.09. The van der Waals surface area contributed by atoms with Crippen LogP contribution in [0.3, 0.4) is 0 Å². The maximum Gasteiger partial charge on any atom is 0.104 e. The number of thiophene rings is 1. The molecule has 14 heavy (non-hydrogen) atoms. The van der Waals surface area contributed by atoms with Crippen LogP contribution in [-0.2, 0) is 19.3 Å². The first kappa shape index (κ1) is 9.53. The normalized spacial score (nSPS) is 10.6. The van der Waals surface area contributed by atoms with Crippen molar-refractivity contribution in [1.82, 2.24) is 0 Å². The molecule has 2 heteroatoms. The van der Waals surface area contributed by atoms with E-state index in [-0.39, 0.29) is 0 Å². The maximum absolute atomic E-state index is 5.64. The average molecular weight is 206 g/mol. The molecule has 0 fully saturated rings. The molecule has 2 heterocycles. The number of rotatable bonds is 4. The molecule has 0 unspecified atom stereocenters. The Kier molecular flexibility index (Phi) is 3.04. The highest BCUT2D eigenvalue weighted by atomic mass is 32.1. The molecule has 0 amide bonds. The van der Waals surface area contributed by atoms with Crippen molar-refractivity contribution in [2.24, 2.45) is 0 Å². The number of hydrogen-bond acceptors (Lipinski definition) is 2. The van der Waals surface area contributed by atoms with Crippen LogP contribution in [0.15, 0.2) is 34.1 Å². The van der Waals surface area contributed by atoms with Crippen molar-refractivity contribution < 1.29 is 4.42 Å². The van der Waals surface area contributed by atoms with Gasteiger partial charge in [0.2, 0.25) is 0 Å². The molecule has 0 radical (unpaired) electrons.